The maximum absolute atomic E-state index is 13.0. The van der Waals surface area contributed by atoms with Crippen LogP contribution in [0.5, 0.6) is 0 Å². The summed E-state index contributed by atoms with van der Waals surface area (Å²) in [4.78, 5) is 15.0. The molecule has 0 saturated heterocycles. The summed E-state index contributed by atoms with van der Waals surface area (Å²) in [7, 11) is 0. The lowest BCUT2D eigenvalue weighted by Gasteiger charge is -2.24. The van der Waals surface area contributed by atoms with E-state index in [1.54, 1.807) is 0 Å². The van der Waals surface area contributed by atoms with Crippen LogP contribution >= 0.6 is 15.9 Å². The number of carbonyl (C=O) groups excluding carboxylic acids is 1. The van der Waals surface area contributed by atoms with Gasteiger partial charge in [0.2, 0.25) is 5.91 Å². The number of benzene rings is 1. The normalized spacial score (nSPS) is 17.1. The molecule has 0 spiro atoms. The van der Waals surface area contributed by atoms with E-state index in [-0.39, 0.29) is 11.3 Å². The Hall–Kier alpha value is -1.34. The molecule has 190 valence electrons. The van der Waals surface area contributed by atoms with Gasteiger partial charge in [0.15, 0.2) is 0 Å². The Balaban J connectivity index is 1.57. The van der Waals surface area contributed by atoms with Gasteiger partial charge in [0, 0.05) is 35.0 Å². The van der Waals surface area contributed by atoms with Crippen molar-refractivity contribution in [2.45, 2.75) is 135 Å². The number of anilines is 1. The zero-order chi connectivity index (χ0) is 24.7. The molecule has 2 rings (SSSR count). The van der Waals surface area contributed by atoms with Gasteiger partial charge in [0.1, 0.15) is 0 Å². The minimum absolute atomic E-state index is 0.139. The van der Waals surface area contributed by atoms with Crippen LogP contribution in [-0.2, 0) is 10.2 Å². The molecule has 1 aliphatic rings. The van der Waals surface area contributed by atoms with Crippen LogP contribution in [0.3, 0.4) is 0 Å². The molecule has 0 aliphatic carbocycles. The van der Waals surface area contributed by atoms with Crippen molar-refractivity contribution in [1.82, 2.24) is 0 Å². The van der Waals surface area contributed by atoms with Gasteiger partial charge in [-0.05, 0) is 36.6 Å². The number of hydrogen-bond acceptors (Lipinski definition) is 2. The first-order valence-electron chi connectivity index (χ1n) is 14.0. The molecule has 1 unspecified atom stereocenters. The highest BCUT2D eigenvalue weighted by atomic mass is 79.9. The van der Waals surface area contributed by atoms with Gasteiger partial charge in [-0.25, -0.2) is 0 Å². The molecule has 1 aromatic carbocycles. The summed E-state index contributed by atoms with van der Waals surface area (Å²) in [5.74, 6) is 0.235. The molecule has 1 aromatic rings. The second-order valence-electron chi connectivity index (χ2n) is 10.6. The van der Waals surface area contributed by atoms with Gasteiger partial charge < -0.3 is 4.90 Å². The second kappa shape index (κ2) is 16.4. The molecule has 0 N–H and O–H groups in total. The van der Waals surface area contributed by atoms with E-state index < -0.39 is 0 Å². The van der Waals surface area contributed by atoms with Gasteiger partial charge in [0.05, 0.1) is 6.07 Å². The number of hydrogen-bond donors (Lipinski definition) is 0. The summed E-state index contributed by atoms with van der Waals surface area (Å²) < 4.78 is 1.03. The fourth-order valence-electron chi connectivity index (χ4n) is 5.30. The number of amides is 1. The smallest absolute Gasteiger partial charge is 0.227 e. The number of carbonyl (C=O) groups is 1. The fourth-order valence-corrected chi connectivity index (χ4v) is 5.66. The van der Waals surface area contributed by atoms with Gasteiger partial charge in [-0.2, -0.15) is 5.26 Å². The molecule has 1 amide bonds. The first kappa shape index (κ1) is 28.9. The summed E-state index contributed by atoms with van der Waals surface area (Å²) in [6, 6.07) is 8.48. The Kier molecular flexibility index (Phi) is 13.9. The van der Waals surface area contributed by atoms with Gasteiger partial charge in [-0.3, -0.25) is 4.79 Å². The van der Waals surface area contributed by atoms with Crippen LogP contribution in [-0.4, -0.2) is 12.5 Å². The van der Waals surface area contributed by atoms with Gasteiger partial charge in [0.25, 0.3) is 0 Å². The first-order chi connectivity index (χ1) is 16.5. The summed E-state index contributed by atoms with van der Waals surface area (Å²) in [5.41, 5.74) is 2.09. The summed E-state index contributed by atoms with van der Waals surface area (Å²) in [5, 5.41) is 9.08. The van der Waals surface area contributed by atoms with Crippen LogP contribution in [0.25, 0.3) is 0 Å². The molecule has 1 heterocycles. The van der Waals surface area contributed by atoms with Gasteiger partial charge in [-0.1, -0.05) is 120 Å². The van der Waals surface area contributed by atoms with E-state index >= 15 is 0 Å². The van der Waals surface area contributed by atoms with Crippen LogP contribution in [0.2, 0.25) is 0 Å². The van der Waals surface area contributed by atoms with Crippen LogP contribution < -0.4 is 4.90 Å². The predicted molar refractivity (Wildman–Crippen MR) is 148 cm³/mol. The van der Waals surface area contributed by atoms with E-state index in [0.717, 1.165) is 29.4 Å². The quantitative estimate of drug-likeness (QED) is 0.177. The summed E-state index contributed by atoms with van der Waals surface area (Å²) in [6.07, 6.45) is 22.0. The highest BCUT2D eigenvalue weighted by Crippen LogP contribution is 2.44. The van der Waals surface area contributed by atoms with Crippen molar-refractivity contribution in [3.63, 3.8) is 0 Å². The Bertz CT molecular complexity index is 772. The molecule has 1 aliphatic heterocycles. The van der Waals surface area contributed by atoms with Crippen molar-refractivity contribution in [3.8, 4) is 6.07 Å². The fraction of sp³-hybridized carbons (Fsp3) is 0.733. The second-order valence-corrected chi connectivity index (χ2v) is 11.5. The lowest BCUT2D eigenvalue weighted by Crippen LogP contribution is -2.35. The highest BCUT2D eigenvalue weighted by Gasteiger charge is 2.40. The monoisotopic (exact) mass is 530 g/mol. The molecule has 0 saturated carbocycles. The van der Waals surface area contributed by atoms with Crippen molar-refractivity contribution in [2.75, 3.05) is 11.4 Å². The molecular formula is C30H47BrN2O. The van der Waals surface area contributed by atoms with Crippen molar-refractivity contribution in [2.24, 2.45) is 0 Å². The summed E-state index contributed by atoms with van der Waals surface area (Å²) in [6.45, 7) is 5.16. The Morgan fingerprint density at radius 2 is 1.47 bits per heavy atom. The average Bonchev–Trinajstić information content (AvgIpc) is 3.12. The topological polar surface area (TPSA) is 44.1 Å². The lowest BCUT2D eigenvalue weighted by molar-refractivity contribution is -0.118. The molecule has 4 heteroatoms. The molecular weight excluding hydrogens is 484 g/mol. The number of nitrogens with zero attached hydrogens (tertiary/aromatic N) is 2. The average molecular weight is 532 g/mol. The SMILES string of the molecule is CCCCCCCCCCCCCCCCCC(=O)N1CC(C)(CCC#N)c2cc(Br)ccc21. The van der Waals surface area contributed by atoms with Crippen LogP contribution in [0.1, 0.15) is 135 Å². The Morgan fingerprint density at radius 3 is 2.00 bits per heavy atom. The standard InChI is InChI=1S/C30H47BrN2O/c1-3-4-5-6-7-8-9-10-11-12-13-14-15-16-17-19-29(34)33-25-30(2,22-18-23-32)27-24-26(31)20-21-28(27)33/h20-21,24H,3-19,22,25H2,1-2H3. The van der Waals surface area contributed by atoms with Crippen LogP contribution in [0.15, 0.2) is 22.7 Å². The molecule has 0 fully saturated rings. The Labute approximate surface area is 217 Å². The van der Waals surface area contributed by atoms with Crippen molar-refractivity contribution < 1.29 is 4.79 Å². The van der Waals surface area contributed by atoms with E-state index in [2.05, 4.69) is 48.0 Å². The van der Waals surface area contributed by atoms with E-state index in [4.69, 9.17) is 5.26 Å². The van der Waals surface area contributed by atoms with Gasteiger partial charge in [-0.15, -0.1) is 0 Å². The van der Waals surface area contributed by atoms with Gasteiger partial charge >= 0.3 is 0 Å². The van der Waals surface area contributed by atoms with Crippen LogP contribution in [0.4, 0.5) is 5.69 Å². The van der Waals surface area contributed by atoms with E-state index in [1.165, 1.54) is 89.0 Å². The Morgan fingerprint density at radius 1 is 0.941 bits per heavy atom. The third-order valence-electron chi connectivity index (χ3n) is 7.49. The maximum atomic E-state index is 13.0. The number of halogens is 1. The molecule has 0 radical (unpaired) electrons. The van der Waals surface area contributed by atoms with Crippen molar-refractivity contribution in [3.05, 3.63) is 28.2 Å². The highest BCUT2D eigenvalue weighted by molar-refractivity contribution is 9.10. The number of fused-ring (bicyclic) bond motifs is 1. The number of nitriles is 1. The minimum atomic E-state index is -0.139. The lowest BCUT2D eigenvalue weighted by atomic mass is 9.80. The van der Waals surface area contributed by atoms with Crippen molar-refractivity contribution >= 4 is 27.5 Å². The number of unbranched alkanes of at least 4 members (excludes halogenated alkanes) is 14. The largest absolute Gasteiger partial charge is 0.311 e. The number of rotatable bonds is 18. The molecule has 1 atom stereocenters. The molecule has 3 nitrogen and oxygen atoms in total. The van der Waals surface area contributed by atoms with E-state index in [9.17, 15) is 4.79 Å². The summed E-state index contributed by atoms with van der Waals surface area (Å²) >= 11 is 3.58. The minimum Gasteiger partial charge on any atom is -0.311 e. The molecule has 0 bridgehead atoms. The zero-order valence-electron chi connectivity index (χ0n) is 21.8. The van der Waals surface area contributed by atoms with Crippen molar-refractivity contribution in [1.29, 1.82) is 5.26 Å². The molecule has 34 heavy (non-hydrogen) atoms. The van der Waals surface area contributed by atoms with E-state index in [1.807, 2.05) is 11.0 Å². The maximum Gasteiger partial charge on any atom is 0.227 e. The predicted octanol–water partition coefficient (Wildman–Crippen LogP) is 9.62. The van der Waals surface area contributed by atoms with Crippen LogP contribution in [0, 0.1) is 11.3 Å². The zero-order valence-corrected chi connectivity index (χ0v) is 23.4. The van der Waals surface area contributed by atoms with E-state index in [0.29, 0.717) is 19.4 Å². The third-order valence-corrected chi connectivity index (χ3v) is 7.98. The third kappa shape index (κ3) is 9.73. The first-order valence-corrected chi connectivity index (χ1v) is 14.8. The molecule has 0 aromatic heterocycles.